The van der Waals surface area contributed by atoms with Crippen LogP contribution in [0, 0.1) is 11.6 Å². The second-order valence-electron chi connectivity index (χ2n) is 4.79. The zero-order valence-electron chi connectivity index (χ0n) is 11.0. The summed E-state index contributed by atoms with van der Waals surface area (Å²) in [5.41, 5.74) is 1.61. The van der Waals surface area contributed by atoms with Crippen LogP contribution in [-0.4, -0.2) is 15.8 Å². The van der Waals surface area contributed by atoms with Crippen molar-refractivity contribution < 1.29 is 8.78 Å². The average Bonchev–Trinajstić information content (AvgIpc) is 2.79. The summed E-state index contributed by atoms with van der Waals surface area (Å²) in [4.78, 5) is 0. The molecule has 0 aliphatic rings. The highest BCUT2D eigenvalue weighted by molar-refractivity contribution is 5.18. The molecule has 0 fully saturated rings. The van der Waals surface area contributed by atoms with Gasteiger partial charge in [0.2, 0.25) is 0 Å². The Morgan fingerprint density at radius 1 is 1.21 bits per heavy atom. The Kier molecular flexibility index (Phi) is 4.27. The molecule has 1 aromatic heterocycles. The van der Waals surface area contributed by atoms with E-state index in [9.17, 15) is 8.78 Å². The first kappa shape index (κ1) is 13.7. The van der Waals surface area contributed by atoms with E-state index in [2.05, 4.69) is 24.3 Å². The van der Waals surface area contributed by atoms with Crippen molar-refractivity contribution in [2.24, 2.45) is 0 Å². The fourth-order valence-corrected chi connectivity index (χ4v) is 1.72. The lowest BCUT2D eigenvalue weighted by atomic mass is 10.2. The Hall–Kier alpha value is -1.75. The molecule has 0 radical (unpaired) electrons. The van der Waals surface area contributed by atoms with Crippen molar-refractivity contribution in [1.82, 2.24) is 15.1 Å². The van der Waals surface area contributed by atoms with Crippen molar-refractivity contribution in [3.05, 3.63) is 53.4 Å². The summed E-state index contributed by atoms with van der Waals surface area (Å²) < 4.78 is 27.6. The van der Waals surface area contributed by atoms with Gasteiger partial charge in [-0.1, -0.05) is 19.9 Å². The molecule has 0 aliphatic heterocycles. The zero-order chi connectivity index (χ0) is 13.8. The van der Waals surface area contributed by atoms with Crippen LogP contribution in [0.5, 0.6) is 0 Å². The Bertz CT molecular complexity index is 549. The molecule has 5 heteroatoms. The van der Waals surface area contributed by atoms with E-state index in [1.807, 2.05) is 12.3 Å². The van der Waals surface area contributed by atoms with Crippen molar-refractivity contribution >= 4 is 0 Å². The molecule has 0 aliphatic carbocycles. The molecule has 0 amide bonds. The second kappa shape index (κ2) is 5.93. The third-order valence-corrected chi connectivity index (χ3v) is 2.72. The summed E-state index contributed by atoms with van der Waals surface area (Å²) in [6.45, 7) is 5.26. The van der Waals surface area contributed by atoms with Crippen LogP contribution in [0.4, 0.5) is 8.78 Å². The summed E-state index contributed by atoms with van der Waals surface area (Å²) in [6.07, 6.45) is 1.83. The minimum absolute atomic E-state index is 0.399. The molecule has 0 atom stereocenters. The number of benzene rings is 1. The summed E-state index contributed by atoms with van der Waals surface area (Å²) >= 11 is 0. The van der Waals surface area contributed by atoms with Gasteiger partial charge in [0, 0.05) is 18.8 Å². The highest BCUT2D eigenvalue weighted by atomic mass is 19.2. The SMILES string of the molecule is CC(C)NCc1ccn(Cc2ccc(F)c(F)c2)n1. The van der Waals surface area contributed by atoms with Crippen LogP contribution >= 0.6 is 0 Å². The van der Waals surface area contributed by atoms with Crippen molar-refractivity contribution in [2.75, 3.05) is 0 Å². The second-order valence-corrected chi connectivity index (χ2v) is 4.79. The maximum Gasteiger partial charge on any atom is 0.159 e. The van der Waals surface area contributed by atoms with Gasteiger partial charge in [-0.2, -0.15) is 5.10 Å². The van der Waals surface area contributed by atoms with Crippen LogP contribution in [0.25, 0.3) is 0 Å². The van der Waals surface area contributed by atoms with E-state index < -0.39 is 11.6 Å². The lowest BCUT2D eigenvalue weighted by molar-refractivity contribution is 0.505. The normalized spacial score (nSPS) is 11.2. The summed E-state index contributed by atoms with van der Waals surface area (Å²) in [5, 5.41) is 7.64. The molecule has 102 valence electrons. The highest BCUT2D eigenvalue weighted by Gasteiger charge is 2.04. The molecule has 3 nitrogen and oxygen atoms in total. The van der Waals surface area contributed by atoms with Crippen molar-refractivity contribution in [2.45, 2.75) is 33.0 Å². The molecule has 1 heterocycles. The maximum absolute atomic E-state index is 13.1. The van der Waals surface area contributed by atoms with E-state index in [0.717, 1.165) is 11.8 Å². The summed E-state index contributed by atoms with van der Waals surface area (Å²) in [5.74, 6) is -1.66. The Morgan fingerprint density at radius 2 is 2.00 bits per heavy atom. The first-order valence-electron chi connectivity index (χ1n) is 6.24. The maximum atomic E-state index is 13.1. The van der Waals surface area contributed by atoms with Crippen LogP contribution in [0.2, 0.25) is 0 Å². The van der Waals surface area contributed by atoms with Gasteiger partial charge >= 0.3 is 0 Å². The topological polar surface area (TPSA) is 29.9 Å². The number of aromatic nitrogens is 2. The monoisotopic (exact) mass is 265 g/mol. The van der Waals surface area contributed by atoms with Crippen LogP contribution < -0.4 is 5.32 Å². The van der Waals surface area contributed by atoms with Crippen LogP contribution in [0.3, 0.4) is 0 Å². The van der Waals surface area contributed by atoms with Gasteiger partial charge in [0.1, 0.15) is 0 Å². The molecule has 1 aromatic carbocycles. The quantitative estimate of drug-likeness (QED) is 0.900. The minimum Gasteiger partial charge on any atom is -0.309 e. The Morgan fingerprint density at radius 3 is 2.68 bits per heavy atom. The average molecular weight is 265 g/mol. The molecule has 2 aromatic rings. The lowest BCUT2D eigenvalue weighted by Crippen LogP contribution is -2.22. The predicted octanol–water partition coefficient (Wildman–Crippen LogP) is 2.71. The Labute approximate surface area is 111 Å². The first-order chi connectivity index (χ1) is 9.04. The fraction of sp³-hybridized carbons (Fsp3) is 0.357. The van der Waals surface area contributed by atoms with E-state index in [1.165, 1.54) is 6.07 Å². The molecule has 2 rings (SSSR count). The smallest absolute Gasteiger partial charge is 0.159 e. The van der Waals surface area contributed by atoms with Gasteiger partial charge in [0.05, 0.1) is 12.2 Å². The van der Waals surface area contributed by atoms with Crippen LogP contribution in [0.15, 0.2) is 30.5 Å². The summed E-state index contributed by atoms with van der Waals surface area (Å²) in [7, 11) is 0. The van der Waals surface area contributed by atoms with Gasteiger partial charge in [-0.25, -0.2) is 8.78 Å². The lowest BCUT2D eigenvalue weighted by Gasteiger charge is -2.05. The third kappa shape index (κ3) is 3.86. The molecule has 0 spiro atoms. The van der Waals surface area contributed by atoms with E-state index in [0.29, 0.717) is 24.7 Å². The number of rotatable bonds is 5. The van der Waals surface area contributed by atoms with Crippen molar-refractivity contribution in [3.8, 4) is 0 Å². The molecule has 0 bridgehead atoms. The van der Waals surface area contributed by atoms with Crippen LogP contribution in [0.1, 0.15) is 25.1 Å². The number of hydrogen-bond donors (Lipinski definition) is 1. The standard InChI is InChI=1S/C14H17F2N3/c1-10(2)17-8-12-5-6-19(18-12)9-11-3-4-13(15)14(16)7-11/h3-7,10,17H,8-9H2,1-2H3. The largest absolute Gasteiger partial charge is 0.309 e. The Balaban J connectivity index is 2.01. The van der Waals surface area contributed by atoms with E-state index in [-0.39, 0.29) is 0 Å². The molecular weight excluding hydrogens is 248 g/mol. The van der Waals surface area contributed by atoms with Crippen molar-refractivity contribution in [1.29, 1.82) is 0 Å². The zero-order valence-corrected chi connectivity index (χ0v) is 11.0. The molecule has 0 saturated carbocycles. The van der Waals surface area contributed by atoms with E-state index in [1.54, 1.807) is 10.7 Å². The number of hydrogen-bond acceptors (Lipinski definition) is 2. The summed E-state index contributed by atoms with van der Waals surface area (Å²) in [6, 6.07) is 6.20. The molecule has 1 N–H and O–H groups in total. The first-order valence-corrected chi connectivity index (χ1v) is 6.24. The van der Waals surface area contributed by atoms with Gasteiger partial charge in [-0.15, -0.1) is 0 Å². The number of nitrogens with zero attached hydrogens (tertiary/aromatic N) is 2. The van der Waals surface area contributed by atoms with Gasteiger partial charge in [-0.3, -0.25) is 4.68 Å². The van der Waals surface area contributed by atoms with Gasteiger partial charge in [0.15, 0.2) is 11.6 Å². The molecule has 0 saturated heterocycles. The number of halogens is 2. The van der Waals surface area contributed by atoms with Crippen LogP contribution in [-0.2, 0) is 13.1 Å². The fourth-order valence-electron chi connectivity index (χ4n) is 1.72. The van der Waals surface area contributed by atoms with E-state index >= 15 is 0 Å². The number of nitrogens with one attached hydrogen (secondary N) is 1. The molecule has 0 unspecified atom stereocenters. The minimum atomic E-state index is -0.828. The molecule has 19 heavy (non-hydrogen) atoms. The molecular formula is C14H17F2N3. The highest BCUT2D eigenvalue weighted by Crippen LogP contribution is 2.10. The van der Waals surface area contributed by atoms with Gasteiger partial charge in [-0.05, 0) is 23.8 Å². The third-order valence-electron chi connectivity index (χ3n) is 2.72. The van der Waals surface area contributed by atoms with Gasteiger partial charge in [0.25, 0.3) is 0 Å². The van der Waals surface area contributed by atoms with E-state index in [4.69, 9.17) is 0 Å². The van der Waals surface area contributed by atoms with Crippen molar-refractivity contribution in [3.63, 3.8) is 0 Å². The van der Waals surface area contributed by atoms with Gasteiger partial charge < -0.3 is 5.32 Å². The predicted molar refractivity (Wildman–Crippen MR) is 69.7 cm³/mol.